The molecule has 3 rings (SSSR count). The van der Waals surface area contributed by atoms with Crippen molar-refractivity contribution in [2.24, 2.45) is 0 Å². The molecule has 1 aliphatic carbocycles. The third-order valence-electron chi connectivity index (χ3n) is 3.18. The third kappa shape index (κ3) is 1.91. The van der Waals surface area contributed by atoms with E-state index in [9.17, 15) is 4.79 Å². The van der Waals surface area contributed by atoms with E-state index in [4.69, 9.17) is 22.1 Å². The zero-order valence-corrected chi connectivity index (χ0v) is 11.9. The molecule has 3 nitrogen and oxygen atoms in total. The van der Waals surface area contributed by atoms with Crippen molar-refractivity contribution < 1.29 is 9.53 Å². The number of esters is 1. The molecule has 0 saturated carbocycles. The number of benzene rings is 1. The van der Waals surface area contributed by atoms with Gasteiger partial charge in [-0.3, -0.25) is 0 Å². The van der Waals surface area contributed by atoms with E-state index >= 15 is 0 Å². The van der Waals surface area contributed by atoms with Gasteiger partial charge >= 0.3 is 5.97 Å². The van der Waals surface area contributed by atoms with Gasteiger partial charge in [0.05, 0.1) is 6.61 Å². The minimum Gasteiger partial charge on any atom is -0.462 e. The maximum atomic E-state index is 12.0. The number of anilines is 1. The van der Waals surface area contributed by atoms with Crippen molar-refractivity contribution in [3.05, 3.63) is 39.2 Å². The molecule has 0 aliphatic heterocycles. The van der Waals surface area contributed by atoms with Crippen LogP contribution in [0, 0.1) is 0 Å². The van der Waals surface area contributed by atoms with Crippen LogP contribution >= 0.6 is 22.9 Å². The molecule has 0 radical (unpaired) electrons. The Labute approximate surface area is 120 Å². The summed E-state index contributed by atoms with van der Waals surface area (Å²) >= 11 is 7.46. The van der Waals surface area contributed by atoms with Crippen molar-refractivity contribution in [2.75, 3.05) is 12.3 Å². The molecule has 1 aliphatic rings. The lowest BCUT2D eigenvalue weighted by molar-refractivity contribution is 0.0529. The van der Waals surface area contributed by atoms with E-state index < -0.39 is 0 Å². The number of rotatable bonds is 2. The number of nitrogens with two attached hydrogens (primary N) is 1. The van der Waals surface area contributed by atoms with E-state index in [1.54, 1.807) is 6.92 Å². The fourth-order valence-electron chi connectivity index (χ4n) is 2.44. The van der Waals surface area contributed by atoms with Gasteiger partial charge in [-0.05, 0) is 30.2 Å². The molecule has 5 heteroatoms. The van der Waals surface area contributed by atoms with Gasteiger partial charge in [-0.25, -0.2) is 4.79 Å². The Bertz CT molecular complexity index is 678. The molecule has 0 unspecified atom stereocenters. The molecule has 19 heavy (non-hydrogen) atoms. The van der Waals surface area contributed by atoms with Crippen LogP contribution in [-0.2, 0) is 11.2 Å². The van der Waals surface area contributed by atoms with Crippen LogP contribution in [0.2, 0.25) is 5.02 Å². The Balaban J connectivity index is 2.17. The second-order valence-electron chi connectivity index (χ2n) is 4.34. The molecular weight excluding hydrogens is 282 g/mol. The van der Waals surface area contributed by atoms with Gasteiger partial charge in [-0.1, -0.05) is 17.7 Å². The number of ether oxygens (including phenoxy) is 1. The zero-order chi connectivity index (χ0) is 13.6. The molecule has 0 atom stereocenters. The maximum absolute atomic E-state index is 12.0. The average Bonchev–Trinajstić information content (AvgIpc) is 2.82. The molecule has 0 fully saturated rings. The lowest BCUT2D eigenvalue weighted by atomic mass is 10.0. The topological polar surface area (TPSA) is 52.3 Å². The Morgan fingerprint density at radius 1 is 1.53 bits per heavy atom. The highest BCUT2D eigenvalue weighted by atomic mass is 35.5. The first-order valence-corrected chi connectivity index (χ1v) is 7.18. The first kappa shape index (κ1) is 12.5. The number of thiophene rings is 1. The molecule has 0 spiro atoms. The Morgan fingerprint density at radius 3 is 3.05 bits per heavy atom. The Morgan fingerprint density at radius 2 is 2.32 bits per heavy atom. The van der Waals surface area contributed by atoms with Crippen LogP contribution in [0.5, 0.6) is 0 Å². The highest BCUT2D eigenvalue weighted by molar-refractivity contribution is 7.17. The van der Waals surface area contributed by atoms with Crippen LogP contribution in [0.15, 0.2) is 18.2 Å². The zero-order valence-electron chi connectivity index (χ0n) is 10.3. The number of hydrogen-bond donors (Lipinski definition) is 1. The predicted molar refractivity (Wildman–Crippen MR) is 77.9 cm³/mol. The maximum Gasteiger partial charge on any atom is 0.341 e. The van der Waals surface area contributed by atoms with Crippen LogP contribution in [0.3, 0.4) is 0 Å². The highest BCUT2D eigenvalue weighted by Crippen LogP contribution is 2.47. The summed E-state index contributed by atoms with van der Waals surface area (Å²) in [5.74, 6) is -0.347. The normalized spacial score (nSPS) is 12.1. The Hall–Kier alpha value is -1.52. The summed E-state index contributed by atoms with van der Waals surface area (Å²) in [6.07, 6.45) is 0.777. The SMILES string of the molecule is CCOC(=O)c1c(N)sc2c1-c1ccc(Cl)cc1C2. The van der Waals surface area contributed by atoms with E-state index in [2.05, 4.69) is 0 Å². The molecule has 1 heterocycles. The second kappa shape index (κ2) is 4.54. The van der Waals surface area contributed by atoms with Crippen LogP contribution in [-0.4, -0.2) is 12.6 Å². The van der Waals surface area contributed by atoms with Gasteiger partial charge in [0.15, 0.2) is 0 Å². The summed E-state index contributed by atoms with van der Waals surface area (Å²) < 4.78 is 5.09. The van der Waals surface area contributed by atoms with E-state index in [0.29, 0.717) is 22.2 Å². The van der Waals surface area contributed by atoms with Crippen LogP contribution in [0.1, 0.15) is 27.7 Å². The van der Waals surface area contributed by atoms with E-state index in [0.717, 1.165) is 28.0 Å². The van der Waals surface area contributed by atoms with Gasteiger partial charge in [0.2, 0.25) is 0 Å². The van der Waals surface area contributed by atoms with Gasteiger partial charge in [0.25, 0.3) is 0 Å². The molecular formula is C14H12ClNO2S. The highest BCUT2D eigenvalue weighted by Gasteiger charge is 2.30. The number of hydrogen-bond acceptors (Lipinski definition) is 4. The standard InChI is InChI=1S/C14H12ClNO2S/c1-2-18-14(17)12-11-9-4-3-8(15)5-7(9)6-10(11)19-13(12)16/h3-5H,2,6,16H2,1H3. The quantitative estimate of drug-likeness (QED) is 0.732. The molecule has 1 aromatic carbocycles. The molecule has 2 N–H and O–H groups in total. The number of nitrogen functional groups attached to an aromatic ring is 1. The van der Waals surface area contributed by atoms with E-state index in [1.807, 2.05) is 18.2 Å². The average molecular weight is 294 g/mol. The van der Waals surface area contributed by atoms with Crippen molar-refractivity contribution in [2.45, 2.75) is 13.3 Å². The number of halogens is 1. The summed E-state index contributed by atoms with van der Waals surface area (Å²) in [4.78, 5) is 13.2. The molecule has 2 aromatic rings. The minimum absolute atomic E-state index is 0.344. The first-order chi connectivity index (χ1) is 9.11. The van der Waals surface area contributed by atoms with Crippen molar-refractivity contribution in [3.8, 4) is 11.1 Å². The van der Waals surface area contributed by atoms with Crippen molar-refractivity contribution in [1.29, 1.82) is 0 Å². The van der Waals surface area contributed by atoms with Crippen molar-refractivity contribution in [3.63, 3.8) is 0 Å². The number of carbonyl (C=O) groups is 1. The molecule has 0 bridgehead atoms. The Kier molecular flexibility index (Phi) is 2.99. The lowest BCUT2D eigenvalue weighted by Gasteiger charge is -2.06. The van der Waals surface area contributed by atoms with E-state index in [-0.39, 0.29) is 5.97 Å². The third-order valence-corrected chi connectivity index (χ3v) is 4.43. The molecule has 0 amide bonds. The monoisotopic (exact) mass is 293 g/mol. The largest absolute Gasteiger partial charge is 0.462 e. The first-order valence-electron chi connectivity index (χ1n) is 5.99. The van der Waals surface area contributed by atoms with Gasteiger partial charge in [0.1, 0.15) is 10.6 Å². The summed E-state index contributed by atoms with van der Waals surface area (Å²) in [6.45, 7) is 2.13. The van der Waals surface area contributed by atoms with Gasteiger partial charge in [0, 0.05) is 21.9 Å². The van der Waals surface area contributed by atoms with Crippen molar-refractivity contribution in [1.82, 2.24) is 0 Å². The van der Waals surface area contributed by atoms with Gasteiger partial charge < -0.3 is 10.5 Å². The molecule has 0 saturated heterocycles. The summed E-state index contributed by atoms with van der Waals surface area (Å²) in [6, 6.07) is 5.71. The van der Waals surface area contributed by atoms with Crippen LogP contribution in [0.4, 0.5) is 5.00 Å². The van der Waals surface area contributed by atoms with Gasteiger partial charge in [-0.15, -0.1) is 11.3 Å². The lowest BCUT2D eigenvalue weighted by Crippen LogP contribution is -2.07. The minimum atomic E-state index is -0.347. The summed E-state index contributed by atoms with van der Waals surface area (Å²) in [5.41, 5.74) is 9.56. The molecule has 1 aromatic heterocycles. The van der Waals surface area contributed by atoms with Crippen molar-refractivity contribution >= 4 is 33.9 Å². The summed E-state index contributed by atoms with van der Waals surface area (Å²) in [5, 5.41) is 1.24. The number of fused-ring (bicyclic) bond motifs is 3. The van der Waals surface area contributed by atoms with Crippen LogP contribution in [0.25, 0.3) is 11.1 Å². The second-order valence-corrected chi connectivity index (χ2v) is 5.91. The van der Waals surface area contributed by atoms with Crippen LogP contribution < -0.4 is 5.73 Å². The fraction of sp³-hybridized carbons (Fsp3) is 0.214. The fourth-order valence-corrected chi connectivity index (χ4v) is 3.73. The summed E-state index contributed by atoms with van der Waals surface area (Å²) in [7, 11) is 0. The predicted octanol–water partition coefficient (Wildman–Crippen LogP) is 3.73. The molecule has 98 valence electrons. The smallest absolute Gasteiger partial charge is 0.341 e. The number of carbonyl (C=O) groups excluding carboxylic acids is 1. The van der Waals surface area contributed by atoms with E-state index in [1.165, 1.54) is 11.3 Å². The van der Waals surface area contributed by atoms with Gasteiger partial charge in [-0.2, -0.15) is 0 Å².